The van der Waals surface area contributed by atoms with Crippen LogP contribution in [0.15, 0.2) is 29.8 Å². The molecule has 0 aliphatic heterocycles. The number of rotatable bonds is 1. The number of Topliss-reactive ketones (excluding diaryl/α,β-unsaturated/α-hetero) is 2. The van der Waals surface area contributed by atoms with E-state index in [1.807, 2.05) is 6.92 Å². The minimum absolute atomic E-state index is 0.00426. The van der Waals surface area contributed by atoms with Crippen LogP contribution in [-0.4, -0.2) is 16.7 Å². The molecule has 1 aromatic rings. The van der Waals surface area contributed by atoms with Crippen LogP contribution in [0.2, 0.25) is 0 Å². The van der Waals surface area contributed by atoms with E-state index >= 15 is 0 Å². The highest BCUT2D eigenvalue weighted by molar-refractivity contribution is 6.52. The lowest BCUT2D eigenvalue weighted by atomic mass is 9.72. The maximum Gasteiger partial charge on any atom is 0.234 e. The number of allylic oxidation sites excluding steroid dienone is 1. The normalized spacial score (nSPS) is 21.7. The Bertz CT molecular complexity index is 604. The third-order valence-corrected chi connectivity index (χ3v) is 4.41. The van der Waals surface area contributed by atoms with Gasteiger partial charge < -0.3 is 5.11 Å². The molecule has 0 saturated heterocycles. The standard InChI is InChI=1S/C16H16O3/c1-16(8-4-5-9-16)12-13(17)10-6-2-3-7-11(10)14(18)15(12)19/h2-3,6-7,17H,4-5,8-9H2,1H3. The highest BCUT2D eigenvalue weighted by Gasteiger charge is 2.44. The minimum atomic E-state index is -0.527. The van der Waals surface area contributed by atoms with Gasteiger partial charge in [0.2, 0.25) is 11.6 Å². The van der Waals surface area contributed by atoms with Crippen molar-refractivity contribution in [2.75, 3.05) is 0 Å². The average molecular weight is 256 g/mol. The summed E-state index contributed by atoms with van der Waals surface area (Å²) in [7, 11) is 0. The molecule has 0 unspecified atom stereocenters. The van der Waals surface area contributed by atoms with Gasteiger partial charge >= 0.3 is 0 Å². The predicted molar refractivity (Wildman–Crippen MR) is 71.9 cm³/mol. The van der Waals surface area contributed by atoms with Crippen molar-refractivity contribution in [3.05, 3.63) is 41.0 Å². The summed E-state index contributed by atoms with van der Waals surface area (Å²) < 4.78 is 0. The predicted octanol–water partition coefficient (Wildman–Crippen LogP) is 3.30. The quantitative estimate of drug-likeness (QED) is 0.784. The van der Waals surface area contributed by atoms with Crippen LogP contribution in [0.1, 0.15) is 48.5 Å². The summed E-state index contributed by atoms with van der Waals surface area (Å²) in [4.78, 5) is 24.5. The molecule has 98 valence electrons. The van der Waals surface area contributed by atoms with Crippen molar-refractivity contribution in [3.8, 4) is 0 Å². The molecule has 1 N–H and O–H groups in total. The maximum absolute atomic E-state index is 12.3. The van der Waals surface area contributed by atoms with E-state index in [2.05, 4.69) is 0 Å². The fourth-order valence-electron chi connectivity index (χ4n) is 3.33. The molecule has 1 aromatic carbocycles. The number of aliphatic hydroxyl groups is 1. The Morgan fingerprint density at radius 2 is 1.58 bits per heavy atom. The molecule has 3 heteroatoms. The number of ketones is 2. The van der Waals surface area contributed by atoms with Crippen LogP contribution in [0.25, 0.3) is 5.76 Å². The summed E-state index contributed by atoms with van der Waals surface area (Å²) in [5, 5.41) is 10.4. The molecule has 3 rings (SSSR count). The summed E-state index contributed by atoms with van der Waals surface area (Å²) in [6.45, 7) is 1.98. The number of aliphatic hydroxyl groups excluding tert-OH is 1. The molecule has 2 aliphatic carbocycles. The molecular weight excluding hydrogens is 240 g/mol. The fourth-order valence-corrected chi connectivity index (χ4v) is 3.33. The van der Waals surface area contributed by atoms with Gasteiger partial charge in [-0.1, -0.05) is 44.0 Å². The van der Waals surface area contributed by atoms with Gasteiger partial charge in [-0.15, -0.1) is 0 Å². The highest BCUT2D eigenvalue weighted by atomic mass is 16.3. The fraction of sp³-hybridized carbons (Fsp3) is 0.375. The van der Waals surface area contributed by atoms with Gasteiger partial charge in [0, 0.05) is 16.5 Å². The molecule has 0 aromatic heterocycles. The topological polar surface area (TPSA) is 54.4 Å². The number of carbonyl (C=O) groups excluding carboxylic acids is 2. The van der Waals surface area contributed by atoms with Gasteiger partial charge in [0.1, 0.15) is 5.76 Å². The van der Waals surface area contributed by atoms with E-state index in [-0.39, 0.29) is 11.2 Å². The zero-order valence-corrected chi connectivity index (χ0v) is 10.9. The molecule has 0 radical (unpaired) electrons. The van der Waals surface area contributed by atoms with Gasteiger partial charge in [0.25, 0.3) is 0 Å². The first kappa shape index (κ1) is 12.2. The molecule has 1 saturated carbocycles. The van der Waals surface area contributed by atoms with Gasteiger partial charge in [-0.3, -0.25) is 9.59 Å². The van der Waals surface area contributed by atoms with Crippen molar-refractivity contribution in [3.63, 3.8) is 0 Å². The largest absolute Gasteiger partial charge is 0.507 e. The number of fused-ring (bicyclic) bond motifs is 1. The van der Waals surface area contributed by atoms with E-state index in [4.69, 9.17) is 0 Å². The third kappa shape index (κ3) is 1.65. The molecule has 19 heavy (non-hydrogen) atoms. The lowest BCUT2D eigenvalue weighted by Crippen LogP contribution is -2.32. The van der Waals surface area contributed by atoms with Gasteiger partial charge in [-0.05, 0) is 12.8 Å². The second-order valence-electron chi connectivity index (χ2n) is 5.70. The molecule has 1 fully saturated rings. The summed E-state index contributed by atoms with van der Waals surface area (Å²) >= 11 is 0. The summed E-state index contributed by atoms with van der Waals surface area (Å²) in [5.74, 6) is -1.01. The lowest BCUT2D eigenvalue weighted by Gasteiger charge is -2.29. The Hall–Kier alpha value is -1.90. The molecular formula is C16H16O3. The van der Waals surface area contributed by atoms with Crippen molar-refractivity contribution in [2.45, 2.75) is 32.6 Å². The first-order chi connectivity index (χ1) is 9.04. The Morgan fingerprint density at radius 1 is 1.00 bits per heavy atom. The van der Waals surface area contributed by atoms with Crippen molar-refractivity contribution >= 4 is 17.3 Å². The van der Waals surface area contributed by atoms with Crippen molar-refractivity contribution in [2.24, 2.45) is 5.41 Å². The van der Waals surface area contributed by atoms with E-state index in [1.54, 1.807) is 24.3 Å². The molecule has 3 nitrogen and oxygen atoms in total. The smallest absolute Gasteiger partial charge is 0.234 e. The van der Waals surface area contributed by atoms with Gasteiger partial charge in [0.15, 0.2) is 0 Å². The Morgan fingerprint density at radius 3 is 2.21 bits per heavy atom. The van der Waals surface area contributed by atoms with Crippen molar-refractivity contribution in [1.82, 2.24) is 0 Å². The van der Waals surface area contributed by atoms with Crippen LogP contribution in [0, 0.1) is 5.41 Å². The van der Waals surface area contributed by atoms with E-state index in [1.165, 1.54) is 0 Å². The Labute approximate surface area is 111 Å². The molecule has 0 spiro atoms. The van der Waals surface area contributed by atoms with E-state index in [0.29, 0.717) is 16.7 Å². The van der Waals surface area contributed by atoms with Gasteiger partial charge in [-0.25, -0.2) is 0 Å². The second kappa shape index (κ2) is 4.05. The summed E-state index contributed by atoms with van der Waals surface area (Å²) in [6.07, 6.45) is 3.79. The first-order valence-electron chi connectivity index (χ1n) is 6.67. The molecule has 0 atom stereocenters. The second-order valence-corrected chi connectivity index (χ2v) is 5.70. The average Bonchev–Trinajstić information content (AvgIpc) is 2.84. The van der Waals surface area contributed by atoms with Gasteiger partial charge in [-0.2, -0.15) is 0 Å². The monoisotopic (exact) mass is 256 g/mol. The van der Waals surface area contributed by atoms with Crippen LogP contribution in [0.5, 0.6) is 0 Å². The first-order valence-corrected chi connectivity index (χ1v) is 6.67. The maximum atomic E-state index is 12.3. The third-order valence-electron chi connectivity index (χ3n) is 4.41. The zero-order chi connectivity index (χ0) is 13.6. The summed E-state index contributed by atoms with van der Waals surface area (Å²) in [6, 6.07) is 6.78. The van der Waals surface area contributed by atoms with E-state index < -0.39 is 11.6 Å². The molecule has 0 bridgehead atoms. The van der Waals surface area contributed by atoms with Crippen LogP contribution in [0.4, 0.5) is 0 Å². The van der Waals surface area contributed by atoms with Crippen LogP contribution >= 0.6 is 0 Å². The number of carbonyl (C=O) groups is 2. The molecule has 2 aliphatic rings. The number of benzene rings is 1. The van der Waals surface area contributed by atoms with E-state index in [9.17, 15) is 14.7 Å². The van der Waals surface area contributed by atoms with Crippen molar-refractivity contribution in [1.29, 1.82) is 0 Å². The van der Waals surface area contributed by atoms with E-state index in [0.717, 1.165) is 25.7 Å². The van der Waals surface area contributed by atoms with Crippen molar-refractivity contribution < 1.29 is 14.7 Å². The van der Waals surface area contributed by atoms with Crippen LogP contribution in [-0.2, 0) is 4.79 Å². The number of hydrogen-bond donors (Lipinski definition) is 1. The molecule has 0 amide bonds. The van der Waals surface area contributed by atoms with Crippen LogP contribution in [0.3, 0.4) is 0 Å². The Kier molecular flexibility index (Phi) is 2.59. The van der Waals surface area contributed by atoms with Gasteiger partial charge in [0.05, 0.1) is 5.57 Å². The SMILES string of the molecule is CC1(C2=C(O)c3ccccc3C(=O)C2=O)CCCC1. The minimum Gasteiger partial charge on any atom is -0.507 e. The number of hydrogen-bond acceptors (Lipinski definition) is 3. The Balaban J connectivity index is 2.23. The lowest BCUT2D eigenvalue weighted by molar-refractivity contribution is -0.113. The zero-order valence-electron chi connectivity index (χ0n) is 10.9. The summed E-state index contributed by atoms with van der Waals surface area (Å²) in [5.41, 5.74) is 0.781. The molecule has 0 heterocycles. The highest BCUT2D eigenvalue weighted by Crippen LogP contribution is 2.48. The van der Waals surface area contributed by atoms with Crippen LogP contribution < -0.4 is 0 Å².